The third-order valence-corrected chi connectivity index (χ3v) is 1.70. The Morgan fingerprint density at radius 3 is 2.56 bits per heavy atom. The molecule has 1 rings (SSSR count). The highest BCUT2D eigenvalue weighted by Gasteiger charge is 2.14. The highest BCUT2D eigenvalue weighted by atomic mass is 16.4. The molecule has 0 aliphatic rings. The molecule has 1 aromatic rings. The number of aromatic nitrogens is 2. The fourth-order valence-corrected chi connectivity index (χ4v) is 0.966. The van der Waals surface area contributed by atoms with Crippen LogP contribution in [0.2, 0.25) is 0 Å². The van der Waals surface area contributed by atoms with Crippen LogP contribution >= 0.6 is 0 Å². The van der Waals surface area contributed by atoms with E-state index in [0.717, 1.165) is 6.20 Å². The summed E-state index contributed by atoms with van der Waals surface area (Å²) in [4.78, 5) is 32.0. The second-order valence-corrected chi connectivity index (χ2v) is 2.91. The zero-order chi connectivity index (χ0) is 12.1. The van der Waals surface area contributed by atoms with Gasteiger partial charge in [-0.15, -0.1) is 0 Å². The molecule has 0 saturated heterocycles. The Hall–Kier alpha value is -2.38. The Bertz CT molecular complexity index is 425. The van der Waals surface area contributed by atoms with E-state index in [1.54, 1.807) is 0 Å². The topological polar surface area (TPSA) is 132 Å². The van der Waals surface area contributed by atoms with Gasteiger partial charge in [0.1, 0.15) is 11.4 Å². The number of aromatic amines is 1. The third kappa shape index (κ3) is 3.08. The van der Waals surface area contributed by atoms with Gasteiger partial charge in [0.25, 0.3) is 0 Å². The van der Waals surface area contributed by atoms with Crippen LogP contribution in [-0.4, -0.2) is 38.3 Å². The molecule has 0 aliphatic heterocycles. The Labute approximate surface area is 89.3 Å². The van der Waals surface area contributed by atoms with Gasteiger partial charge in [-0.2, -0.15) is 5.10 Å². The van der Waals surface area contributed by atoms with Crippen LogP contribution in [-0.2, 0) is 9.59 Å². The molecule has 0 saturated carbocycles. The van der Waals surface area contributed by atoms with Crippen molar-refractivity contribution in [2.24, 2.45) is 0 Å². The summed E-state index contributed by atoms with van der Waals surface area (Å²) in [6.07, 6.45) is 0.505. The summed E-state index contributed by atoms with van der Waals surface area (Å²) in [7, 11) is 0. The third-order valence-electron chi connectivity index (χ3n) is 1.70. The van der Waals surface area contributed by atoms with E-state index >= 15 is 0 Å². The molecule has 0 aliphatic carbocycles. The first kappa shape index (κ1) is 11.7. The van der Waals surface area contributed by atoms with Crippen molar-refractivity contribution >= 4 is 23.7 Å². The fourth-order valence-electron chi connectivity index (χ4n) is 0.966. The van der Waals surface area contributed by atoms with Gasteiger partial charge in [-0.1, -0.05) is 0 Å². The number of carbonyl (C=O) groups excluding carboxylic acids is 1. The molecule has 1 heterocycles. The summed E-state index contributed by atoms with van der Waals surface area (Å²) < 4.78 is 0. The van der Waals surface area contributed by atoms with Gasteiger partial charge >= 0.3 is 11.9 Å². The number of carboxylic acids is 2. The first-order valence-corrected chi connectivity index (χ1v) is 4.29. The van der Waals surface area contributed by atoms with Crippen LogP contribution in [0.4, 0.5) is 5.82 Å². The van der Waals surface area contributed by atoms with Crippen LogP contribution in [0.25, 0.3) is 0 Å². The Balaban J connectivity index is 2.59. The van der Waals surface area contributed by atoms with Crippen molar-refractivity contribution in [3.63, 3.8) is 0 Å². The monoisotopic (exact) mass is 227 g/mol. The predicted octanol–water partition coefficient (Wildman–Crippen LogP) is -0.0888. The number of aliphatic carboxylic acids is 1. The zero-order valence-electron chi connectivity index (χ0n) is 8.06. The normalized spacial score (nSPS) is 9.75. The van der Waals surface area contributed by atoms with Gasteiger partial charge < -0.3 is 15.5 Å². The maximum Gasteiger partial charge on any atom is 0.341 e. The molecule has 8 nitrogen and oxygen atoms in total. The first-order chi connectivity index (χ1) is 7.50. The molecule has 8 heteroatoms. The van der Waals surface area contributed by atoms with E-state index in [-0.39, 0.29) is 24.2 Å². The van der Waals surface area contributed by atoms with Gasteiger partial charge in [0.15, 0.2) is 0 Å². The molecule has 0 fully saturated rings. The summed E-state index contributed by atoms with van der Waals surface area (Å²) in [6, 6.07) is 0. The average molecular weight is 227 g/mol. The summed E-state index contributed by atoms with van der Waals surface area (Å²) in [5.41, 5.74) is -0.177. The predicted molar refractivity (Wildman–Crippen MR) is 51.0 cm³/mol. The minimum absolute atomic E-state index is 0.0529. The summed E-state index contributed by atoms with van der Waals surface area (Å²) in [5.74, 6) is -2.97. The van der Waals surface area contributed by atoms with Crippen LogP contribution in [0.1, 0.15) is 23.2 Å². The summed E-state index contributed by atoms with van der Waals surface area (Å²) in [6.45, 7) is 0. The Kier molecular flexibility index (Phi) is 3.59. The zero-order valence-corrected chi connectivity index (χ0v) is 8.06. The van der Waals surface area contributed by atoms with E-state index in [4.69, 9.17) is 10.2 Å². The molecular weight excluding hydrogens is 218 g/mol. The highest BCUT2D eigenvalue weighted by Crippen LogP contribution is 2.10. The molecule has 0 radical (unpaired) electrons. The number of hydrogen-bond donors (Lipinski definition) is 4. The molecule has 1 amide bonds. The number of aromatic carboxylic acids is 1. The number of H-pyrrole nitrogens is 1. The summed E-state index contributed by atoms with van der Waals surface area (Å²) in [5, 5.41) is 25.0. The van der Waals surface area contributed by atoms with E-state index < -0.39 is 17.8 Å². The number of rotatable bonds is 5. The second-order valence-electron chi connectivity index (χ2n) is 2.91. The van der Waals surface area contributed by atoms with Gasteiger partial charge in [0.2, 0.25) is 5.91 Å². The number of nitrogens with zero attached hydrogens (tertiary/aromatic N) is 1. The Morgan fingerprint density at radius 1 is 1.31 bits per heavy atom. The summed E-state index contributed by atoms with van der Waals surface area (Å²) >= 11 is 0. The SMILES string of the molecule is O=C(O)CCC(=O)Nc1[nH]ncc1C(=O)O. The smallest absolute Gasteiger partial charge is 0.341 e. The quantitative estimate of drug-likeness (QED) is 0.555. The fraction of sp³-hybridized carbons (Fsp3) is 0.250. The van der Waals surface area contributed by atoms with Gasteiger partial charge in [-0.25, -0.2) is 4.79 Å². The molecule has 0 aromatic carbocycles. The molecule has 86 valence electrons. The molecule has 0 atom stereocenters. The lowest BCUT2D eigenvalue weighted by Crippen LogP contribution is -2.15. The van der Waals surface area contributed by atoms with Crippen molar-refractivity contribution in [2.75, 3.05) is 5.32 Å². The maximum absolute atomic E-state index is 11.2. The van der Waals surface area contributed by atoms with E-state index in [0.29, 0.717) is 0 Å². The number of hydrogen-bond acceptors (Lipinski definition) is 4. The van der Waals surface area contributed by atoms with Gasteiger partial charge in [0, 0.05) is 6.42 Å². The van der Waals surface area contributed by atoms with Crippen molar-refractivity contribution < 1.29 is 24.6 Å². The lowest BCUT2D eigenvalue weighted by Gasteiger charge is -2.01. The van der Waals surface area contributed by atoms with E-state index in [2.05, 4.69) is 15.5 Å². The van der Waals surface area contributed by atoms with Crippen LogP contribution in [0, 0.1) is 0 Å². The van der Waals surface area contributed by atoms with E-state index in [1.165, 1.54) is 0 Å². The van der Waals surface area contributed by atoms with Crippen molar-refractivity contribution in [1.29, 1.82) is 0 Å². The molecule has 4 N–H and O–H groups in total. The van der Waals surface area contributed by atoms with Crippen LogP contribution in [0.15, 0.2) is 6.20 Å². The van der Waals surface area contributed by atoms with Crippen LogP contribution < -0.4 is 5.32 Å². The minimum atomic E-state index is -1.23. The molecule has 0 bridgehead atoms. The first-order valence-electron chi connectivity index (χ1n) is 4.29. The van der Waals surface area contributed by atoms with Crippen LogP contribution in [0.3, 0.4) is 0 Å². The number of carbonyl (C=O) groups is 3. The average Bonchev–Trinajstić information content (AvgIpc) is 2.62. The Morgan fingerprint density at radius 2 is 2.00 bits per heavy atom. The second kappa shape index (κ2) is 4.91. The largest absolute Gasteiger partial charge is 0.481 e. The molecule has 16 heavy (non-hydrogen) atoms. The van der Waals surface area contributed by atoms with Crippen LogP contribution in [0.5, 0.6) is 0 Å². The van der Waals surface area contributed by atoms with Gasteiger partial charge in [0.05, 0.1) is 12.6 Å². The van der Waals surface area contributed by atoms with E-state index in [9.17, 15) is 14.4 Å². The number of carboxylic acid groups (broad SMARTS) is 2. The van der Waals surface area contributed by atoms with Gasteiger partial charge in [-0.3, -0.25) is 14.7 Å². The van der Waals surface area contributed by atoms with Crippen molar-refractivity contribution in [2.45, 2.75) is 12.8 Å². The highest BCUT2D eigenvalue weighted by molar-refractivity contribution is 5.99. The minimum Gasteiger partial charge on any atom is -0.481 e. The standard InChI is InChI=1S/C8H9N3O5/c12-5(1-2-6(13)14)10-7-4(8(15)16)3-9-11-7/h3H,1-2H2,(H,13,14)(H,15,16)(H2,9,10,11,12). The van der Waals surface area contributed by atoms with Crippen molar-refractivity contribution in [3.05, 3.63) is 11.8 Å². The number of nitrogens with one attached hydrogen (secondary N) is 2. The lowest BCUT2D eigenvalue weighted by molar-refractivity contribution is -0.138. The van der Waals surface area contributed by atoms with Crippen molar-refractivity contribution in [3.8, 4) is 0 Å². The van der Waals surface area contributed by atoms with Crippen molar-refractivity contribution in [1.82, 2.24) is 10.2 Å². The number of anilines is 1. The molecule has 0 spiro atoms. The lowest BCUT2D eigenvalue weighted by atomic mass is 10.3. The molecular formula is C8H9N3O5. The van der Waals surface area contributed by atoms with Gasteiger partial charge in [-0.05, 0) is 0 Å². The maximum atomic E-state index is 11.2. The molecule has 0 unspecified atom stereocenters. The molecule has 1 aromatic heterocycles. The number of amides is 1. The van der Waals surface area contributed by atoms with E-state index in [1.807, 2.05) is 0 Å².